The highest BCUT2D eigenvalue weighted by atomic mass is 14.9. The highest BCUT2D eigenvalue weighted by molar-refractivity contribution is 5.15. The average Bonchev–Trinajstić information content (AvgIpc) is 2.36. The predicted octanol–water partition coefficient (Wildman–Crippen LogP) is 3.54. The Hall–Kier alpha value is -1.33. The van der Waals surface area contributed by atoms with Gasteiger partial charge in [-0.05, 0) is 30.7 Å². The molecule has 0 saturated heterocycles. The maximum atomic E-state index is 8.63. The van der Waals surface area contributed by atoms with Crippen molar-refractivity contribution in [3.05, 3.63) is 35.9 Å². The van der Waals surface area contributed by atoms with Gasteiger partial charge in [0.1, 0.15) is 0 Å². The third-order valence-corrected chi connectivity index (χ3v) is 3.23. The zero-order chi connectivity index (χ0) is 13.4. The van der Waals surface area contributed by atoms with E-state index in [1.54, 1.807) is 0 Å². The molecule has 0 amide bonds. The Morgan fingerprint density at radius 3 is 2.56 bits per heavy atom. The van der Waals surface area contributed by atoms with Crippen molar-refractivity contribution >= 4 is 0 Å². The van der Waals surface area contributed by atoms with E-state index < -0.39 is 0 Å². The molecule has 1 aromatic rings. The van der Waals surface area contributed by atoms with Crippen LogP contribution in [-0.2, 0) is 6.42 Å². The third-order valence-electron chi connectivity index (χ3n) is 3.23. The lowest BCUT2D eigenvalue weighted by Crippen LogP contribution is -2.36. The van der Waals surface area contributed by atoms with E-state index in [9.17, 15) is 0 Å². The summed E-state index contributed by atoms with van der Waals surface area (Å²) >= 11 is 0. The number of rotatable bonds is 7. The van der Waals surface area contributed by atoms with Gasteiger partial charge in [-0.1, -0.05) is 44.2 Å². The van der Waals surface area contributed by atoms with Crippen LogP contribution in [0.1, 0.15) is 39.2 Å². The first-order chi connectivity index (χ1) is 8.53. The molecule has 0 fully saturated rings. The second kappa shape index (κ2) is 7.18. The second-order valence-electron chi connectivity index (χ2n) is 5.79. The number of nitrogens with one attached hydrogen (secondary N) is 1. The van der Waals surface area contributed by atoms with E-state index in [4.69, 9.17) is 5.26 Å². The van der Waals surface area contributed by atoms with Crippen LogP contribution in [0.2, 0.25) is 0 Å². The van der Waals surface area contributed by atoms with Crippen LogP contribution in [0, 0.1) is 16.7 Å². The molecular weight excluding hydrogens is 220 g/mol. The molecule has 0 aliphatic carbocycles. The van der Waals surface area contributed by atoms with Crippen LogP contribution in [0.4, 0.5) is 0 Å². The average molecular weight is 244 g/mol. The highest BCUT2D eigenvalue weighted by Gasteiger charge is 2.18. The van der Waals surface area contributed by atoms with Crippen molar-refractivity contribution < 1.29 is 0 Å². The third kappa shape index (κ3) is 5.84. The second-order valence-corrected chi connectivity index (χ2v) is 5.79. The largest absolute Gasteiger partial charge is 0.313 e. The van der Waals surface area contributed by atoms with Crippen LogP contribution in [-0.4, -0.2) is 12.6 Å². The topological polar surface area (TPSA) is 35.8 Å². The van der Waals surface area contributed by atoms with Crippen molar-refractivity contribution in [3.8, 4) is 6.07 Å². The van der Waals surface area contributed by atoms with Gasteiger partial charge in [0.25, 0.3) is 0 Å². The molecule has 0 saturated carbocycles. The van der Waals surface area contributed by atoms with Crippen LogP contribution in [0.5, 0.6) is 0 Å². The molecule has 0 aromatic heterocycles. The van der Waals surface area contributed by atoms with Gasteiger partial charge in [0.2, 0.25) is 0 Å². The molecule has 98 valence electrons. The van der Waals surface area contributed by atoms with Gasteiger partial charge < -0.3 is 5.32 Å². The van der Waals surface area contributed by atoms with Gasteiger partial charge in [-0.2, -0.15) is 5.26 Å². The van der Waals surface area contributed by atoms with Gasteiger partial charge >= 0.3 is 0 Å². The Kier molecular flexibility index (Phi) is 5.88. The van der Waals surface area contributed by atoms with Crippen molar-refractivity contribution in [1.82, 2.24) is 5.32 Å². The van der Waals surface area contributed by atoms with Crippen LogP contribution in [0.3, 0.4) is 0 Å². The van der Waals surface area contributed by atoms with E-state index in [2.05, 4.69) is 56.4 Å². The van der Waals surface area contributed by atoms with E-state index in [0.29, 0.717) is 12.5 Å². The van der Waals surface area contributed by atoms with Crippen LogP contribution in [0.25, 0.3) is 0 Å². The molecule has 1 N–H and O–H groups in total. The SMILES string of the molecule is CC(Cc1ccccc1)NCC(C)(C)CCC#N. The minimum Gasteiger partial charge on any atom is -0.313 e. The first-order valence-electron chi connectivity index (χ1n) is 6.68. The number of hydrogen-bond acceptors (Lipinski definition) is 2. The molecule has 2 heteroatoms. The van der Waals surface area contributed by atoms with Crippen LogP contribution < -0.4 is 5.32 Å². The molecular formula is C16H24N2. The van der Waals surface area contributed by atoms with Crippen molar-refractivity contribution in [2.75, 3.05) is 6.54 Å². The minimum absolute atomic E-state index is 0.195. The zero-order valence-electron chi connectivity index (χ0n) is 11.7. The van der Waals surface area contributed by atoms with Crippen molar-refractivity contribution in [3.63, 3.8) is 0 Å². The molecule has 0 bridgehead atoms. The highest BCUT2D eigenvalue weighted by Crippen LogP contribution is 2.21. The van der Waals surface area contributed by atoms with Gasteiger partial charge in [-0.25, -0.2) is 0 Å². The molecule has 1 aromatic carbocycles. The lowest BCUT2D eigenvalue weighted by atomic mass is 9.87. The molecule has 1 rings (SSSR count). The van der Waals surface area contributed by atoms with E-state index in [0.717, 1.165) is 19.4 Å². The van der Waals surface area contributed by atoms with Gasteiger partial charge in [0.05, 0.1) is 6.07 Å². The molecule has 0 spiro atoms. The lowest BCUT2D eigenvalue weighted by Gasteiger charge is -2.26. The maximum Gasteiger partial charge on any atom is 0.0621 e. The first kappa shape index (κ1) is 14.7. The maximum absolute atomic E-state index is 8.63. The van der Waals surface area contributed by atoms with E-state index in [1.165, 1.54) is 5.56 Å². The molecule has 2 nitrogen and oxygen atoms in total. The summed E-state index contributed by atoms with van der Waals surface area (Å²) in [5.41, 5.74) is 1.56. The quantitative estimate of drug-likeness (QED) is 0.796. The molecule has 0 aliphatic heterocycles. The molecule has 1 atom stereocenters. The summed E-state index contributed by atoms with van der Waals surface area (Å²) in [5, 5.41) is 12.2. The summed E-state index contributed by atoms with van der Waals surface area (Å²) in [6.07, 6.45) is 2.64. The first-order valence-corrected chi connectivity index (χ1v) is 6.68. The Morgan fingerprint density at radius 1 is 1.28 bits per heavy atom. The molecule has 0 aliphatic rings. The number of nitrogens with zero attached hydrogens (tertiary/aromatic N) is 1. The summed E-state index contributed by atoms with van der Waals surface area (Å²) in [6, 6.07) is 13.2. The fraction of sp³-hybridized carbons (Fsp3) is 0.562. The van der Waals surface area contributed by atoms with Crippen molar-refractivity contribution in [2.45, 2.75) is 46.1 Å². The molecule has 1 unspecified atom stereocenters. The van der Waals surface area contributed by atoms with E-state index in [-0.39, 0.29) is 5.41 Å². The molecule has 0 heterocycles. The van der Waals surface area contributed by atoms with Crippen LogP contribution in [0.15, 0.2) is 30.3 Å². The predicted molar refractivity (Wildman–Crippen MR) is 76.2 cm³/mol. The minimum atomic E-state index is 0.195. The standard InChI is InChI=1S/C16H24N2/c1-14(12-15-8-5-4-6-9-15)18-13-16(2,3)10-7-11-17/h4-6,8-9,14,18H,7,10,12-13H2,1-3H3. The van der Waals surface area contributed by atoms with Gasteiger partial charge in [0.15, 0.2) is 0 Å². The summed E-state index contributed by atoms with van der Waals surface area (Å²) < 4.78 is 0. The fourth-order valence-electron chi connectivity index (χ4n) is 1.97. The fourth-order valence-corrected chi connectivity index (χ4v) is 1.97. The van der Waals surface area contributed by atoms with Crippen molar-refractivity contribution in [2.24, 2.45) is 5.41 Å². The smallest absolute Gasteiger partial charge is 0.0621 e. The Balaban J connectivity index is 2.33. The number of benzene rings is 1. The Bertz CT molecular complexity index is 376. The Labute approximate surface area is 111 Å². The normalized spacial score (nSPS) is 13.0. The van der Waals surface area contributed by atoms with Gasteiger partial charge in [-0.3, -0.25) is 0 Å². The summed E-state index contributed by atoms with van der Waals surface area (Å²) in [7, 11) is 0. The van der Waals surface area contributed by atoms with E-state index >= 15 is 0 Å². The number of hydrogen-bond donors (Lipinski definition) is 1. The van der Waals surface area contributed by atoms with Crippen LogP contribution >= 0.6 is 0 Å². The lowest BCUT2D eigenvalue weighted by molar-refractivity contribution is 0.303. The Morgan fingerprint density at radius 2 is 1.94 bits per heavy atom. The van der Waals surface area contributed by atoms with Gasteiger partial charge in [0, 0.05) is 19.0 Å². The number of nitriles is 1. The summed E-state index contributed by atoms with van der Waals surface area (Å²) in [5.74, 6) is 0. The van der Waals surface area contributed by atoms with Gasteiger partial charge in [-0.15, -0.1) is 0 Å². The van der Waals surface area contributed by atoms with E-state index in [1.807, 2.05) is 6.07 Å². The zero-order valence-corrected chi connectivity index (χ0v) is 11.7. The monoisotopic (exact) mass is 244 g/mol. The van der Waals surface area contributed by atoms with Crippen molar-refractivity contribution in [1.29, 1.82) is 5.26 Å². The molecule has 0 radical (unpaired) electrons. The summed E-state index contributed by atoms with van der Waals surface area (Å²) in [4.78, 5) is 0. The summed E-state index contributed by atoms with van der Waals surface area (Å²) in [6.45, 7) is 7.61. The molecule has 18 heavy (non-hydrogen) atoms.